The number of benzene rings is 1. The van der Waals surface area contributed by atoms with Gasteiger partial charge in [0.2, 0.25) is 0 Å². The molecule has 0 saturated heterocycles. The Hall–Kier alpha value is -2.37. The van der Waals surface area contributed by atoms with Crippen LogP contribution in [0.5, 0.6) is 0 Å². The van der Waals surface area contributed by atoms with Gasteiger partial charge in [-0.05, 0) is 18.2 Å². The summed E-state index contributed by atoms with van der Waals surface area (Å²) in [5.74, 6) is 0. The maximum atomic E-state index is 4.01. The molecule has 2 heterocycles. The Kier molecular flexibility index (Phi) is 2.25. The second kappa shape index (κ2) is 3.89. The fourth-order valence-corrected chi connectivity index (χ4v) is 1.72. The summed E-state index contributed by atoms with van der Waals surface area (Å²) < 4.78 is 1.69. The van der Waals surface area contributed by atoms with Crippen LogP contribution in [0.4, 0.5) is 5.69 Å². The molecule has 0 aliphatic rings. The first-order chi connectivity index (χ1) is 8.31. The molecule has 0 aliphatic carbocycles. The lowest BCUT2D eigenvalue weighted by molar-refractivity contribution is 0.713. The van der Waals surface area contributed by atoms with Crippen LogP contribution < -0.4 is 5.32 Å². The van der Waals surface area contributed by atoms with Crippen LogP contribution in [0.15, 0.2) is 30.6 Å². The zero-order valence-corrected chi connectivity index (χ0v) is 9.38. The fourth-order valence-electron chi connectivity index (χ4n) is 1.72. The number of aromatic nitrogens is 5. The monoisotopic (exact) mass is 228 g/mol. The zero-order chi connectivity index (χ0) is 11.7. The molecule has 0 bridgehead atoms. The topological polar surface area (TPSA) is 71.4 Å². The van der Waals surface area contributed by atoms with E-state index in [1.165, 1.54) is 0 Å². The molecule has 17 heavy (non-hydrogen) atoms. The van der Waals surface area contributed by atoms with Crippen molar-refractivity contribution < 1.29 is 0 Å². The molecule has 0 saturated carbocycles. The van der Waals surface area contributed by atoms with Gasteiger partial charge in [0, 0.05) is 24.3 Å². The van der Waals surface area contributed by atoms with E-state index in [-0.39, 0.29) is 0 Å². The summed E-state index contributed by atoms with van der Waals surface area (Å²) >= 11 is 0. The lowest BCUT2D eigenvalue weighted by Crippen LogP contribution is -1.99. The van der Waals surface area contributed by atoms with Crippen LogP contribution in [0, 0.1) is 0 Å². The third kappa shape index (κ3) is 1.96. The van der Waals surface area contributed by atoms with Crippen molar-refractivity contribution in [1.29, 1.82) is 0 Å². The van der Waals surface area contributed by atoms with Crippen LogP contribution in [0.3, 0.4) is 0 Å². The normalized spacial score (nSPS) is 10.9. The average Bonchev–Trinajstić information content (AvgIpc) is 2.94. The van der Waals surface area contributed by atoms with Crippen LogP contribution in [0.2, 0.25) is 0 Å². The first-order valence-electron chi connectivity index (χ1n) is 5.33. The molecule has 6 heteroatoms. The van der Waals surface area contributed by atoms with Crippen LogP contribution in [-0.4, -0.2) is 25.2 Å². The lowest BCUT2D eigenvalue weighted by atomic mass is 10.2. The van der Waals surface area contributed by atoms with Crippen molar-refractivity contribution in [3.63, 3.8) is 0 Å². The second-order valence-corrected chi connectivity index (χ2v) is 3.91. The summed E-state index contributed by atoms with van der Waals surface area (Å²) in [4.78, 5) is 0. The van der Waals surface area contributed by atoms with E-state index in [1.54, 1.807) is 4.68 Å². The number of rotatable bonds is 3. The minimum atomic E-state index is 0.660. The van der Waals surface area contributed by atoms with E-state index in [2.05, 4.69) is 25.8 Å². The molecule has 0 amide bonds. The van der Waals surface area contributed by atoms with Crippen molar-refractivity contribution >= 4 is 16.6 Å². The Labute approximate surface area is 97.6 Å². The molecule has 86 valence electrons. The summed E-state index contributed by atoms with van der Waals surface area (Å²) in [6.07, 6.45) is 3.70. The van der Waals surface area contributed by atoms with Gasteiger partial charge in [0.25, 0.3) is 0 Å². The summed E-state index contributed by atoms with van der Waals surface area (Å²) in [6, 6.07) is 6.07. The van der Waals surface area contributed by atoms with E-state index >= 15 is 0 Å². The van der Waals surface area contributed by atoms with Gasteiger partial charge in [-0.3, -0.25) is 9.78 Å². The highest BCUT2D eigenvalue weighted by atomic mass is 15.4. The molecule has 0 aliphatic heterocycles. The SMILES string of the molecule is Cn1cc(CNc2ccc3cn[nH]c3c2)nn1. The fraction of sp³-hybridized carbons (Fsp3) is 0.182. The van der Waals surface area contributed by atoms with Gasteiger partial charge in [-0.15, -0.1) is 5.10 Å². The lowest BCUT2D eigenvalue weighted by Gasteiger charge is -2.03. The first kappa shape index (κ1) is 9.83. The van der Waals surface area contributed by atoms with Gasteiger partial charge in [-0.1, -0.05) is 5.21 Å². The van der Waals surface area contributed by atoms with Crippen molar-refractivity contribution in [2.75, 3.05) is 5.32 Å². The molecule has 1 aromatic carbocycles. The number of anilines is 1. The first-order valence-corrected chi connectivity index (χ1v) is 5.33. The molecule has 0 radical (unpaired) electrons. The van der Waals surface area contributed by atoms with Crippen molar-refractivity contribution in [2.45, 2.75) is 6.54 Å². The number of nitrogens with one attached hydrogen (secondary N) is 2. The highest BCUT2D eigenvalue weighted by molar-refractivity contribution is 5.81. The smallest absolute Gasteiger partial charge is 0.102 e. The molecule has 3 aromatic rings. The van der Waals surface area contributed by atoms with Crippen molar-refractivity contribution in [2.24, 2.45) is 7.05 Å². The average molecular weight is 228 g/mol. The Morgan fingerprint density at radius 3 is 3.18 bits per heavy atom. The third-order valence-corrected chi connectivity index (χ3v) is 2.57. The summed E-state index contributed by atoms with van der Waals surface area (Å²) in [5, 5.41) is 19.2. The highest BCUT2D eigenvalue weighted by Gasteiger charge is 2.00. The molecule has 6 nitrogen and oxygen atoms in total. The summed E-state index contributed by atoms with van der Waals surface area (Å²) in [6.45, 7) is 0.660. The van der Waals surface area contributed by atoms with E-state index in [4.69, 9.17) is 0 Å². The van der Waals surface area contributed by atoms with Crippen molar-refractivity contribution in [3.05, 3.63) is 36.3 Å². The highest BCUT2D eigenvalue weighted by Crippen LogP contribution is 2.16. The van der Waals surface area contributed by atoms with Crippen molar-refractivity contribution in [3.8, 4) is 0 Å². The second-order valence-electron chi connectivity index (χ2n) is 3.91. The summed E-state index contributed by atoms with van der Waals surface area (Å²) in [7, 11) is 1.85. The number of aryl methyl sites for hydroxylation is 1. The van der Waals surface area contributed by atoms with Crippen molar-refractivity contribution in [1.82, 2.24) is 25.2 Å². The maximum Gasteiger partial charge on any atom is 0.102 e. The Balaban J connectivity index is 1.76. The minimum absolute atomic E-state index is 0.660. The standard InChI is InChI=1S/C11H12N6/c1-17-7-10(14-16-17)6-12-9-3-2-8-5-13-15-11(8)4-9/h2-5,7,12H,6H2,1H3,(H,13,15). The van der Waals surface area contributed by atoms with E-state index < -0.39 is 0 Å². The quantitative estimate of drug-likeness (QED) is 0.709. The molecule has 3 rings (SSSR count). The maximum absolute atomic E-state index is 4.01. The molecular formula is C11H12N6. The molecule has 2 aromatic heterocycles. The summed E-state index contributed by atoms with van der Waals surface area (Å²) in [5.41, 5.74) is 2.97. The van der Waals surface area contributed by atoms with E-state index in [1.807, 2.05) is 37.6 Å². The van der Waals surface area contributed by atoms with Crippen LogP contribution >= 0.6 is 0 Å². The Morgan fingerprint density at radius 1 is 1.41 bits per heavy atom. The van der Waals surface area contributed by atoms with Gasteiger partial charge in [-0.2, -0.15) is 5.10 Å². The van der Waals surface area contributed by atoms with Crippen LogP contribution in [0.25, 0.3) is 10.9 Å². The molecule has 0 atom stereocenters. The predicted octanol–water partition coefficient (Wildman–Crippen LogP) is 1.30. The van der Waals surface area contributed by atoms with Gasteiger partial charge < -0.3 is 5.32 Å². The zero-order valence-electron chi connectivity index (χ0n) is 9.38. The Morgan fingerprint density at radius 2 is 2.35 bits per heavy atom. The molecule has 0 spiro atoms. The molecule has 2 N–H and O–H groups in total. The van der Waals surface area contributed by atoms with Gasteiger partial charge in [0.05, 0.1) is 18.3 Å². The number of aromatic amines is 1. The minimum Gasteiger partial charge on any atom is -0.379 e. The van der Waals surface area contributed by atoms with Gasteiger partial charge >= 0.3 is 0 Å². The number of nitrogens with zero attached hydrogens (tertiary/aromatic N) is 4. The van der Waals surface area contributed by atoms with Gasteiger partial charge in [0.1, 0.15) is 5.69 Å². The van der Waals surface area contributed by atoms with Gasteiger partial charge in [-0.25, -0.2) is 0 Å². The van der Waals surface area contributed by atoms with E-state index in [9.17, 15) is 0 Å². The Bertz CT molecular complexity index is 638. The predicted molar refractivity (Wildman–Crippen MR) is 64.4 cm³/mol. The number of hydrogen-bond acceptors (Lipinski definition) is 4. The van der Waals surface area contributed by atoms with E-state index in [0.29, 0.717) is 6.54 Å². The molecular weight excluding hydrogens is 216 g/mol. The number of hydrogen-bond donors (Lipinski definition) is 2. The molecule has 0 unspecified atom stereocenters. The third-order valence-electron chi connectivity index (χ3n) is 2.57. The largest absolute Gasteiger partial charge is 0.379 e. The number of H-pyrrole nitrogens is 1. The van der Waals surface area contributed by atoms with E-state index in [0.717, 1.165) is 22.3 Å². The van der Waals surface area contributed by atoms with Gasteiger partial charge in [0.15, 0.2) is 0 Å². The van der Waals surface area contributed by atoms with Crippen LogP contribution in [0.1, 0.15) is 5.69 Å². The number of fused-ring (bicyclic) bond motifs is 1. The van der Waals surface area contributed by atoms with Crippen LogP contribution in [-0.2, 0) is 13.6 Å². The molecule has 0 fully saturated rings.